The van der Waals surface area contributed by atoms with Crippen molar-refractivity contribution in [2.24, 2.45) is 0 Å². The molecule has 0 aromatic heterocycles. The van der Waals surface area contributed by atoms with Crippen molar-refractivity contribution in [2.45, 2.75) is 6.92 Å². The second-order valence-electron chi connectivity index (χ2n) is 3.38. The van der Waals surface area contributed by atoms with E-state index in [2.05, 4.69) is 4.72 Å². The van der Waals surface area contributed by atoms with Gasteiger partial charge in [0.25, 0.3) is 0 Å². The predicted octanol–water partition coefficient (Wildman–Crippen LogP) is 0.817. The molecule has 1 aromatic rings. The minimum absolute atomic E-state index is 0.0388. The van der Waals surface area contributed by atoms with Crippen LogP contribution in [0.4, 0.5) is 0 Å². The first-order chi connectivity index (χ1) is 7.98. The molecule has 5 nitrogen and oxygen atoms in total. The zero-order chi connectivity index (χ0) is 12.9. The monoisotopic (exact) mass is 257 g/mol. The number of sulfonamides is 1. The maximum atomic E-state index is 11.6. The van der Waals surface area contributed by atoms with Crippen molar-refractivity contribution in [1.29, 1.82) is 0 Å². The van der Waals surface area contributed by atoms with Gasteiger partial charge in [-0.15, -0.1) is 0 Å². The van der Waals surface area contributed by atoms with Gasteiger partial charge in [-0.25, -0.2) is 13.1 Å². The van der Waals surface area contributed by atoms with Gasteiger partial charge in [0.05, 0.1) is 19.4 Å². The van der Waals surface area contributed by atoms with Crippen LogP contribution in [0, 0.1) is 0 Å². The van der Waals surface area contributed by atoms with Gasteiger partial charge in [0, 0.05) is 5.56 Å². The Labute approximate surface area is 101 Å². The smallest absolute Gasteiger partial charge is 0.211 e. The molecule has 1 rings (SSSR count). The molecule has 1 aromatic carbocycles. The number of ether oxygens (including phenoxy) is 1. The molecule has 0 bridgehead atoms. The van der Waals surface area contributed by atoms with Gasteiger partial charge >= 0.3 is 0 Å². The van der Waals surface area contributed by atoms with E-state index in [1.165, 1.54) is 14.0 Å². The number of hydrogen-bond donors (Lipinski definition) is 1. The van der Waals surface area contributed by atoms with Gasteiger partial charge in [-0.2, -0.15) is 0 Å². The fraction of sp³-hybridized carbons (Fsp3) is 0.364. The van der Waals surface area contributed by atoms with Gasteiger partial charge in [-0.05, 0) is 31.2 Å². The van der Waals surface area contributed by atoms with Crippen molar-refractivity contribution in [1.82, 2.24) is 4.72 Å². The normalized spacial score (nSPS) is 11.2. The lowest BCUT2D eigenvalue weighted by molar-refractivity contribution is 0.0997. The van der Waals surface area contributed by atoms with Crippen molar-refractivity contribution < 1.29 is 17.9 Å². The van der Waals surface area contributed by atoms with Crippen LogP contribution in [0.1, 0.15) is 17.3 Å². The Morgan fingerprint density at radius 3 is 2.35 bits per heavy atom. The van der Waals surface area contributed by atoms with Crippen molar-refractivity contribution in [3.63, 3.8) is 0 Å². The molecule has 0 aliphatic rings. The molecule has 94 valence electrons. The summed E-state index contributed by atoms with van der Waals surface area (Å²) in [7, 11) is -1.80. The molecule has 0 saturated heterocycles. The lowest BCUT2D eigenvalue weighted by atomic mass is 10.1. The van der Waals surface area contributed by atoms with E-state index in [1.807, 2.05) is 0 Å². The van der Waals surface area contributed by atoms with E-state index in [1.54, 1.807) is 24.3 Å². The number of carbonyl (C=O) groups excluding carboxylic acids is 1. The van der Waals surface area contributed by atoms with E-state index in [0.717, 1.165) is 0 Å². The Hall–Kier alpha value is -1.40. The molecule has 0 aliphatic carbocycles. The van der Waals surface area contributed by atoms with E-state index < -0.39 is 10.0 Å². The Kier molecular flexibility index (Phi) is 4.65. The molecular formula is C11H15NO4S. The van der Waals surface area contributed by atoms with Crippen LogP contribution in [0.2, 0.25) is 0 Å². The molecule has 0 aliphatic heterocycles. The molecule has 0 fully saturated rings. The maximum Gasteiger partial charge on any atom is 0.211 e. The highest BCUT2D eigenvalue weighted by molar-refractivity contribution is 7.89. The quantitative estimate of drug-likeness (QED) is 0.766. The van der Waals surface area contributed by atoms with Crippen molar-refractivity contribution in [3.05, 3.63) is 29.8 Å². The maximum absolute atomic E-state index is 11.6. The van der Waals surface area contributed by atoms with Crippen molar-refractivity contribution in [2.75, 3.05) is 19.4 Å². The van der Waals surface area contributed by atoms with Crippen LogP contribution in [0.25, 0.3) is 0 Å². The standard InChI is InChI=1S/C11H15NO4S/c1-3-17(14,15)12-8-11(13)9-4-6-10(16-2)7-5-9/h4-7,12H,3,8H2,1-2H3. The Morgan fingerprint density at radius 2 is 1.88 bits per heavy atom. The Balaban J connectivity index is 2.64. The third-order valence-corrected chi connectivity index (χ3v) is 3.59. The zero-order valence-electron chi connectivity index (χ0n) is 9.76. The van der Waals surface area contributed by atoms with E-state index in [0.29, 0.717) is 11.3 Å². The van der Waals surface area contributed by atoms with Gasteiger partial charge in [0.2, 0.25) is 10.0 Å². The van der Waals surface area contributed by atoms with Crippen LogP contribution in [-0.2, 0) is 10.0 Å². The van der Waals surface area contributed by atoms with E-state index in [4.69, 9.17) is 4.74 Å². The number of ketones is 1. The second-order valence-corrected chi connectivity index (χ2v) is 5.47. The minimum Gasteiger partial charge on any atom is -0.497 e. The summed E-state index contributed by atoms with van der Waals surface area (Å²) >= 11 is 0. The summed E-state index contributed by atoms with van der Waals surface area (Å²) in [6, 6.07) is 6.51. The number of carbonyl (C=O) groups is 1. The lowest BCUT2D eigenvalue weighted by Crippen LogP contribution is -2.30. The van der Waals surface area contributed by atoms with Crippen molar-refractivity contribution in [3.8, 4) is 5.75 Å². The van der Waals surface area contributed by atoms with Crippen LogP contribution in [0.5, 0.6) is 5.75 Å². The number of hydrogen-bond acceptors (Lipinski definition) is 4. The van der Waals surface area contributed by atoms with Crippen LogP contribution < -0.4 is 9.46 Å². The lowest BCUT2D eigenvalue weighted by Gasteiger charge is -2.04. The van der Waals surface area contributed by atoms with Crippen LogP contribution in [0.15, 0.2) is 24.3 Å². The molecule has 0 amide bonds. The van der Waals surface area contributed by atoms with Crippen LogP contribution in [-0.4, -0.2) is 33.6 Å². The summed E-state index contributed by atoms with van der Waals surface area (Å²) in [5, 5.41) is 0. The van der Waals surface area contributed by atoms with E-state index in [9.17, 15) is 13.2 Å². The average Bonchev–Trinajstić information content (AvgIpc) is 2.36. The summed E-state index contributed by atoms with van der Waals surface area (Å²) in [6.45, 7) is 1.29. The second kappa shape index (κ2) is 5.79. The number of rotatable bonds is 6. The topological polar surface area (TPSA) is 72.5 Å². The summed E-state index contributed by atoms with van der Waals surface area (Å²) in [6.07, 6.45) is 0. The molecule has 0 atom stereocenters. The van der Waals surface area contributed by atoms with Crippen LogP contribution in [0.3, 0.4) is 0 Å². The highest BCUT2D eigenvalue weighted by Gasteiger charge is 2.11. The number of methoxy groups -OCH3 is 1. The summed E-state index contributed by atoms with van der Waals surface area (Å²) in [5.41, 5.74) is 0.449. The zero-order valence-corrected chi connectivity index (χ0v) is 10.6. The van der Waals surface area contributed by atoms with E-state index >= 15 is 0 Å². The molecule has 6 heteroatoms. The number of Topliss-reactive ketones (excluding diaryl/α,β-unsaturated/α-hetero) is 1. The molecule has 17 heavy (non-hydrogen) atoms. The summed E-state index contributed by atoms with van der Waals surface area (Å²) in [5.74, 6) is 0.337. The fourth-order valence-electron chi connectivity index (χ4n) is 1.16. The highest BCUT2D eigenvalue weighted by Crippen LogP contribution is 2.11. The minimum atomic E-state index is -3.33. The van der Waals surface area contributed by atoms with Gasteiger partial charge in [0.15, 0.2) is 5.78 Å². The van der Waals surface area contributed by atoms with Gasteiger partial charge in [0.1, 0.15) is 5.75 Å². The van der Waals surface area contributed by atoms with Crippen molar-refractivity contribution >= 4 is 15.8 Å². The fourth-order valence-corrected chi connectivity index (χ4v) is 1.71. The molecular weight excluding hydrogens is 242 g/mol. The molecule has 0 unspecified atom stereocenters. The molecule has 0 spiro atoms. The van der Waals surface area contributed by atoms with Gasteiger partial charge in [-0.1, -0.05) is 0 Å². The molecule has 1 N–H and O–H groups in total. The predicted molar refractivity (Wildman–Crippen MR) is 64.8 cm³/mol. The first kappa shape index (κ1) is 13.7. The third kappa shape index (κ3) is 4.16. The molecule has 0 radical (unpaired) electrons. The highest BCUT2D eigenvalue weighted by atomic mass is 32.2. The van der Waals surface area contributed by atoms with E-state index in [-0.39, 0.29) is 18.1 Å². The first-order valence-electron chi connectivity index (χ1n) is 5.13. The first-order valence-corrected chi connectivity index (χ1v) is 6.78. The third-order valence-electron chi connectivity index (χ3n) is 2.24. The number of nitrogens with one attached hydrogen (secondary N) is 1. The van der Waals surface area contributed by atoms with Crippen LogP contribution >= 0.6 is 0 Å². The SMILES string of the molecule is CCS(=O)(=O)NCC(=O)c1ccc(OC)cc1. The summed E-state index contributed by atoms with van der Waals surface area (Å²) in [4.78, 5) is 11.6. The Morgan fingerprint density at radius 1 is 1.29 bits per heavy atom. The average molecular weight is 257 g/mol. The summed E-state index contributed by atoms with van der Waals surface area (Å²) < 4.78 is 29.5. The largest absolute Gasteiger partial charge is 0.497 e. The molecule has 0 heterocycles. The Bertz CT molecular complexity index is 479. The number of benzene rings is 1. The van der Waals surface area contributed by atoms with Gasteiger partial charge in [-0.3, -0.25) is 4.79 Å². The van der Waals surface area contributed by atoms with Gasteiger partial charge < -0.3 is 4.74 Å². The molecule has 0 saturated carbocycles.